The van der Waals surface area contributed by atoms with E-state index in [0.717, 1.165) is 36.9 Å². The predicted octanol–water partition coefficient (Wildman–Crippen LogP) is 2.00. The summed E-state index contributed by atoms with van der Waals surface area (Å²) in [6.45, 7) is 0. The molecule has 6 heteroatoms. The monoisotopic (exact) mass is 325 g/mol. The number of hydrogen-bond donors (Lipinski definition) is 3. The van der Waals surface area contributed by atoms with Gasteiger partial charge in [0.25, 0.3) is 0 Å². The van der Waals surface area contributed by atoms with Crippen LogP contribution in [0.25, 0.3) is 0 Å². The summed E-state index contributed by atoms with van der Waals surface area (Å²) in [7, 11) is 1.62. The minimum atomic E-state index is -0.742. The zero-order chi connectivity index (χ0) is 15.3. The van der Waals surface area contributed by atoms with Crippen LogP contribution in [0.3, 0.4) is 0 Å². The van der Waals surface area contributed by atoms with Crippen LogP contribution in [-0.4, -0.2) is 24.4 Å². The van der Waals surface area contributed by atoms with Crippen LogP contribution < -0.4 is 16.4 Å². The fourth-order valence-electron chi connectivity index (χ4n) is 2.71. The van der Waals surface area contributed by atoms with E-state index in [1.165, 1.54) is 0 Å². The number of hydrogen-bond acceptors (Lipinski definition) is 3. The van der Waals surface area contributed by atoms with Gasteiger partial charge in [0.05, 0.1) is 5.54 Å². The number of para-hydroxylation sites is 1. The van der Waals surface area contributed by atoms with Crippen molar-refractivity contribution in [3.63, 3.8) is 0 Å². The molecule has 1 aliphatic carbocycles. The first-order valence-electron chi connectivity index (χ1n) is 7.44. The summed E-state index contributed by atoms with van der Waals surface area (Å²) in [6, 6.07) is 7.56. The Bertz CT molecular complexity index is 528. The van der Waals surface area contributed by atoms with Crippen LogP contribution in [-0.2, 0) is 16.0 Å². The third kappa shape index (κ3) is 4.45. The molecule has 1 aromatic carbocycles. The number of carbonyl (C=O) groups is 2. The Hall–Kier alpha value is -1.59. The molecular formula is C16H24ClN3O2. The van der Waals surface area contributed by atoms with Crippen molar-refractivity contribution in [3.8, 4) is 0 Å². The number of aryl methyl sites for hydroxylation is 1. The standard InChI is InChI=1S/C16H23N3O2.ClH/c1-18-14(20)9-8-12-6-2-3-7-13(12)19-15(21)16(17)10-4-5-11-16;/h2-3,6-7H,4-5,8-11,17H2,1H3,(H,18,20)(H,19,21);1H. The highest BCUT2D eigenvalue weighted by Gasteiger charge is 2.37. The number of carbonyl (C=O) groups excluding carboxylic acids is 2. The van der Waals surface area contributed by atoms with Gasteiger partial charge in [-0.15, -0.1) is 12.4 Å². The molecule has 4 N–H and O–H groups in total. The van der Waals surface area contributed by atoms with Gasteiger partial charge in [-0.05, 0) is 30.9 Å². The molecule has 0 unspecified atom stereocenters. The first kappa shape index (κ1) is 18.5. The Labute approximate surface area is 137 Å². The van der Waals surface area contributed by atoms with E-state index in [1.807, 2.05) is 24.3 Å². The zero-order valence-electron chi connectivity index (χ0n) is 12.9. The summed E-state index contributed by atoms with van der Waals surface area (Å²) in [4.78, 5) is 23.7. The molecule has 5 nitrogen and oxygen atoms in total. The Morgan fingerprint density at radius 2 is 1.86 bits per heavy atom. The van der Waals surface area contributed by atoms with Crippen LogP contribution in [0.2, 0.25) is 0 Å². The van der Waals surface area contributed by atoms with E-state index >= 15 is 0 Å². The molecule has 0 spiro atoms. The SMILES string of the molecule is CNC(=O)CCc1ccccc1NC(=O)C1(N)CCCC1.Cl. The smallest absolute Gasteiger partial charge is 0.244 e. The van der Waals surface area contributed by atoms with E-state index in [4.69, 9.17) is 5.73 Å². The van der Waals surface area contributed by atoms with Gasteiger partial charge in [-0.1, -0.05) is 31.0 Å². The maximum atomic E-state index is 12.4. The van der Waals surface area contributed by atoms with Crippen molar-refractivity contribution < 1.29 is 9.59 Å². The number of amides is 2. The summed E-state index contributed by atoms with van der Waals surface area (Å²) in [5.74, 6) is -0.130. The first-order chi connectivity index (χ1) is 10.0. The Kier molecular flexibility index (Phi) is 6.84. The molecule has 2 amide bonds. The average Bonchev–Trinajstić information content (AvgIpc) is 2.94. The molecule has 0 aliphatic heterocycles. The lowest BCUT2D eigenvalue weighted by Crippen LogP contribution is -2.48. The Morgan fingerprint density at radius 3 is 2.50 bits per heavy atom. The van der Waals surface area contributed by atoms with E-state index < -0.39 is 5.54 Å². The van der Waals surface area contributed by atoms with Gasteiger partial charge in [-0.3, -0.25) is 9.59 Å². The molecule has 122 valence electrons. The fraction of sp³-hybridized carbons (Fsp3) is 0.500. The van der Waals surface area contributed by atoms with E-state index in [9.17, 15) is 9.59 Å². The fourth-order valence-corrected chi connectivity index (χ4v) is 2.71. The minimum absolute atomic E-state index is 0. The van der Waals surface area contributed by atoms with Crippen molar-refractivity contribution in [1.82, 2.24) is 5.32 Å². The highest BCUT2D eigenvalue weighted by Crippen LogP contribution is 2.29. The maximum Gasteiger partial charge on any atom is 0.244 e. The Balaban J connectivity index is 0.00000242. The number of halogens is 1. The molecule has 0 saturated heterocycles. The van der Waals surface area contributed by atoms with Gasteiger partial charge in [0, 0.05) is 19.2 Å². The van der Waals surface area contributed by atoms with Gasteiger partial charge in [0.1, 0.15) is 0 Å². The summed E-state index contributed by atoms with van der Waals surface area (Å²) < 4.78 is 0. The number of anilines is 1. The van der Waals surface area contributed by atoms with E-state index in [-0.39, 0.29) is 24.2 Å². The predicted molar refractivity (Wildman–Crippen MR) is 90.1 cm³/mol. The highest BCUT2D eigenvalue weighted by atomic mass is 35.5. The van der Waals surface area contributed by atoms with E-state index in [2.05, 4.69) is 10.6 Å². The normalized spacial score (nSPS) is 15.7. The van der Waals surface area contributed by atoms with Crippen LogP contribution >= 0.6 is 12.4 Å². The quantitative estimate of drug-likeness (QED) is 0.774. The third-order valence-electron chi connectivity index (χ3n) is 4.11. The second-order valence-electron chi connectivity index (χ2n) is 5.65. The van der Waals surface area contributed by atoms with Crippen molar-refractivity contribution in [1.29, 1.82) is 0 Å². The summed E-state index contributed by atoms with van der Waals surface area (Å²) in [6.07, 6.45) is 4.47. The summed E-state index contributed by atoms with van der Waals surface area (Å²) >= 11 is 0. The molecule has 1 aliphatic rings. The lowest BCUT2D eigenvalue weighted by Gasteiger charge is -2.23. The van der Waals surface area contributed by atoms with Crippen molar-refractivity contribution >= 4 is 29.9 Å². The molecule has 1 aromatic rings. The number of nitrogens with two attached hydrogens (primary N) is 1. The largest absolute Gasteiger partial charge is 0.359 e. The van der Waals surface area contributed by atoms with Crippen LogP contribution in [0, 0.1) is 0 Å². The second kappa shape index (κ2) is 8.15. The molecular weight excluding hydrogens is 302 g/mol. The van der Waals surface area contributed by atoms with Crippen molar-refractivity contribution in [2.24, 2.45) is 5.73 Å². The molecule has 1 fully saturated rings. The number of nitrogens with one attached hydrogen (secondary N) is 2. The zero-order valence-corrected chi connectivity index (χ0v) is 13.7. The van der Waals surface area contributed by atoms with Gasteiger partial charge >= 0.3 is 0 Å². The van der Waals surface area contributed by atoms with Crippen LogP contribution in [0.4, 0.5) is 5.69 Å². The number of benzene rings is 1. The second-order valence-corrected chi connectivity index (χ2v) is 5.65. The Morgan fingerprint density at radius 1 is 1.23 bits per heavy atom. The van der Waals surface area contributed by atoms with Crippen LogP contribution in [0.5, 0.6) is 0 Å². The molecule has 0 radical (unpaired) electrons. The average molecular weight is 326 g/mol. The molecule has 0 bridgehead atoms. The van der Waals surface area contributed by atoms with Crippen molar-refractivity contribution in [3.05, 3.63) is 29.8 Å². The van der Waals surface area contributed by atoms with Crippen LogP contribution in [0.1, 0.15) is 37.7 Å². The van der Waals surface area contributed by atoms with Gasteiger partial charge in [-0.25, -0.2) is 0 Å². The lowest BCUT2D eigenvalue weighted by molar-refractivity contribution is -0.121. The molecule has 1 saturated carbocycles. The minimum Gasteiger partial charge on any atom is -0.359 e. The number of rotatable bonds is 5. The van der Waals surface area contributed by atoms with Crippen LogP contribution in [0.15, 0.2) is 24.3 Å². The lowest BCUT2D eigenvalue weighted by atomic mass is 9.97. The summed E-state index contributed by atoms with van der Waals surface area (Å²) in [5.41, 5.74) is 7.13. The van der Waals surface area contributed by atoms with E-state index in [0.29, 0.717) is 12.8 Å². The van der Waals surface area contributed by atoms with E-state index in [1.54, 1.807) is 7.05 Å². The highest BCUT2D eigenvalue weighted by molar-refractivity contribution is 5.98. The van der Waals surface area contributed by atoms with Crippen molar-refractivity contribution in [2.45, 2.75) is 44.1 Å². The van der Waals surface area contributed by atoms with Gasteiger partial charge < -0.3 is 16.4 Å². The molecule has 0 atom stereocenters. The van der Waals surface area contributed by atoms with Gasteiger partial charge in [-0.2, -0.15) is 0 Å². The third-order valence-corrected chi connectivity index (χ3v) is 4.11. The molecule has 0 aromatic heterocycles. The maximum absolute atomic E-state index is 12.4. The van der Waals surface area contributed by atoms with Crippen molar-refractivity contribution in [2.75, 3.05) is 12.4 Å². The first-order valence-corrected chi connectivity index (χ1v) is 7.44. The van der Waals surface area contributed by atoms with Gasteiger partial charge in [0.15, 0.2) is 0 Å². The molecule has 0 heterocycles. The molecule has 2 rings (SSSR count). The summed E-state index contributed by atoms with van der Waals surface area (Å²) in [5, 5.41) is 5.54. The topological polar surface area (TPSA) is 84.2 Å². The molecule has 22 heavy (non-hydrogen) atoms. The van der Waals surface area contributed by atoms with Gasteiger partial charge in [0.2, 0.25) is 11.8 Å².